The molecule has 1 amide bonds. The van der Waals surface area contributed by atoms with Gasteiger partial charge in [0.15, 0.2) is 0 Å². The number of aryl methyl sites for hydroxylation is 1. The van der Waals surface area contributed by atoms with E-state index in [-0.39, 0.29) is 12.5 Å². The zero-order chi connectivity index (χ0) is 19.0. The van der Waals surface area contributed by atoms with Crippen LogP contribution in [0, 0.1) is 0 Å². The zero-order valence-electron chi connectivity index (χ0n) is 15.6. The highest BCUT2D eigenvalue weighted by atomic mass is 32.2. The summed E-state index contributed by atoms with van der Waals surface area (Å²) in [5.41, 5.74) is 1.47. The van der Waals surface area contributed by atoms with Gasteiger partial charge in [0, 0.05) is 19.6 Å². The number of sulfonamides is 1. The Bertz CT molecular complexity index is 687. The Morgan fingerprint density at radius 1 is 1.27 bits per heavy atom. The predicted molar refractivity (Wildman–Crippen MR) is 103 cm³/mol. The molecular formula is C18H29N3O4S. The lowest BCUT2D eigenvalue weighted by atomic mass is 10.1. The van der Waals surface area contributed by atoms with Crippen LogP contribution in [0.3, 0.4) is 0 Å². The third-order valence-electron chi connectivity index (χ3n) is 4.41. The van der Waals surface area contributed by atoms with Crippen molar-refractivity contribution < 1.29 is 17.9 Å². The van der Waals surface area contributed by atoms with Crippen LogP contribution in [-0.2, 0) is 26.0 Å². The molecule has 0 radical (unpaired) electrons. The first-order valence-corrected chi connectivity index (χ1v) is 10.9. The largest absolute Gasteiger partial charge is 0.379 e. The number of nitrogens with zero attached hydrogens (tertiary/aromatic N) is 2. The van der Waals surface area contributed by atoms with Crippen molar-refractivity contribution in [2.45, 2.75) is 19.8 Å². The van der Waals surface area contributed by atoms with Gasteiger partial charge in [-0.2, -0.15) is 0 Å². The van der Waals surface area contributed by atoms with E-state index < -0.39 is 10.0 Å². The summed E-state index contributed by atoms with van der Waals surface area (Å²) in [4.78, 5) is 14.6. The summed E-state index contributed by atoms with van der Waals surface area (Å²) in [5, 5.41) is 2.83. The van der Waals surface area contributed by atoms with Crippen LogP contribution in [0.1, 0.15) is 18.9 Å². The van der Waals surface area contributed by atoms with Crippen LogP contribution in [0.5, 0.6) is 0 Å². The molecule has 8 heteroatoms. The van der Waals surface area contributed by atoms with Crippen LogP contribution in [0.4, 0.5) is 5.69 Å². The molecule has 0 bridgehead atoms. The number of morpholine rings is 1. The van der Waals surface area contributed by atoms with E-state index >= 15 is 0 Å². The molecular weight excluding hydrogens is 354 g/mol. The Kier molecular flexibility index (Phi) is 7.86. The zero-order valence-corrected chi connectivity index (χ0v) is 16.4. The van der Waals surface area contributed by atoms with Gasteiger partial charge in [-0.1, -0.05) is 25.1 Å². The van der Waals surface area contributed by atoms with Gasteiger partial charge in [-0.15, -0.1) is 0 Å². The van der Waals surface area contributed by atoms with Gasteiger partial charge >= 0.3 is 0 Å². The second kappa shape index (κ2) is 9.89. The Balaban J connectivity index is 1.88. The third-order valence-corrected chi connectivity index (χ3v) is 5.53. The topological polar surface area (TPSA) is 79.0 Å². The molecule has 0 aromatic heterocycles. The van der Waals surface area contributed by atoms with E-state index in [4.69, 9.17) is 4.74 Å². The van der Waals surface area contributed by atoms with E-state index in [0.29, 0.717) is 18.7 Å². The monoisotopic (exact) mass is 383 g/mol. The smallest absolute Gasteiger partial charge is 0.240 e. The van der Waals surface area contributed by atoms with Gasteiger partial charge in [0.05, 0.1) is 25.2 Å². The number of para-hydroxylation sites is 1. The molecule has 7 nitrogen and oxygen atoms in total. The van der Waals surface area contributed by atoms with Crippen LogP contribution in [0.25, 0.3) is 0 Å². The van der Waals surface area contributed by atoms with E-state index in [0.717, 1.165) is 51.1 Å². The number of carbonyl (C=O) groups excluding carboxylic acids is 1. The number of hydrogen-bond acceptors (Lipinski definition) is 5. The molecule has 1 aromatic rings. The first kappa shape index (κ1) is 20.7. The van der Waals surface area contributed by atoms with Crippen LogP contribution in [0.15, 0.2) is 24.3 Å². The number of nitrogens with one attached hydrogen (secondary N) is 1. The molecule has 1 aromatic carbocycles. The molecule has 0 atom stereocenters. The van der Waals surface area contributed by atoms with E-state index in [1.807, 2.05) is 19.1 Å². The lowest BCUT2D eigenvalue weighted by Crippen LogP contribution is -2.42. The van der Waals surface area contributed by atoms with Crippen molar-refractivity contribution in [3.63, 3.8) is 0 Å². The lowest BCUT2D eigenvalue weighted by Gasteiger charge is -2.26. The first-order valence-electron chi connectivity index (χ1n) is 9.04. The van der Waals surface area contributed by atoms with Crippen molar-refractivity contribution in [2.24, 2.45) is 0 Å². The molecule has 1 aliphatic heterocycles. The standard InChI is InChI=1S/C18H29N3O4S/c1-3-16-7-4-5-8-17(16)21(26(2,23)24)15-18(22)19-9-6-10-20-11-13-25-14-12-20/h4-5,7-8H,3,6,9-15H2,1-2H3,(H,19,22). The summed E-state index contributed by atoms with van der Waals surface area (Å²) in [6.45, 7) is 6.55. The number of ether oxygens (including phenoxy) is 1. The number of hydrogen-bond donors (Lipinski definition) is 1. The fourth-order valence-corrected chi connectivity index (χ4v) is 3.86. The maximum Gasteiger partial charge on any atom is 0.240 e. The fraction of sp³-hybridized carbons (Fsp3) is 0.611. The molecule has 1 saturated heterocycles. The molecule has 1 fully saturated rings. The average molecular weight is 384 g/mol. The molecule has 0 saturated carbocycles. The highest BCUT2D eigenvalue weighted by Crippen LogP contribution is 2.23. The maximum absolute atomic E-state index is 12.3. The van der Waals surface area contributed by atoms with E-state index in [1.165, 1.54) is 4.31 Å². The predicted octanol–water partition coefficient (Wildman–Crippen LogP) is 0.854. The number of anilines is 1. The summed E-state index contributed by atoms with van der Waals surface area (Å²) in [6.07, 6.45) is 2.66. The number of amides is 1. The number of carbonyl (C=O) groups is 1. The van der Waals surface area contributed by atoms with Gasteiger partial charge in [0.1, 0.15) is 6.54 Å². The minimum Gasteiger partial charge on any atom is -0.379 e. The van der Waals surface area contributed by atoms with Crippen LogP contribution in [-0.4, -0.2) is 71.4 Å². The van der Waals surface area contributed by atoms with Gasteiger partial charge in [-0.3, -0.25) is 14.0 Å². The summed E-state index contributed by atoms with van der Waals surface area (Å²) in [6, 6.07) is 7.28. The second-order valence-electron chi connectivity index (χ2n) is 6.41. The minimum absolute atomic E-state index is 0.201. The lowest BCUT2D eigenvalue weighted by molar-refractivity contribution is -0.119. The van der Waals surface area contributed by atoms with Gasteiger partial charge in [0.25, 0.3) is 0 Å². The van der Waals surface area contributed by atoms with Crippen molar-refractivity contribution in [1.82, 2.24) is 10.2 Å². The second-order valence-corrected chi connectivity index (χ2v) is 8.32. The Labute approximate surface area is 156 Å². The van der Waals surface area contributed by atoms with Crippen molar-refractivity contribution in [2.75, 3.05) is 56.5 Å². The quantitative estimate of drug-likeness (QED) is 0.640. The van der Waals surface area contributed by atoms with Crippen molar-refractivity contribution in [3.05, 3.63) is 29.8 Å². The number of benzene rings is 1. The summed E-state index contributed by atoms with van der Waals surface area (Å²) in [7, 11) is -3.54. The molecule has 26 heavy (non-hydrogen) atoms. The Morgan fingerprint density at radius 3 is 2.62 bits per heavy atom. The molecule has 1 aliphatic rings. The molecule has 2 rings (SSSR count). The normalized spacial score (nSPS) is 15.6. The van der Waals surface area contributed by atoms with Crippen molar-refractivity contribution >= 4 is 21.6 Å². The van der Waals surface area contributed by atoms with E-state index in [1.54, 1.807) is 12.1 Å². The molecule has 0 aliphatic carbocycles. The van der Waals surface area contributed by atoms with E-state index in [9.17, 15) is 13.2 Å². The highest BCUT2D eigenvalue weighted by Gasteiger charge is 2.22. The summed E-state index contributed by atoms with van der Waals surface area (Å²) in [5.74, 6) is -0.289. The van der Waals surface area contributed by atoms with Gasteiger partial charge in [-0.25, -0.2) is 8.42 Å². The van der Waals surface area contributed by atoms with Crippen LogP contribution < -0.4 is 9.62 Å². The molecule has 1 N–H and O–H groups in total. The minimum atomic E-state index is -3.54. The number of rotatable bonds is 9. The van der Waals surface area contributed by atoms with Gasteiger partial charge < -0.3 is 10.1 Å². The highest BCUT2D eigenvalue weighted by molar-refractivity contribution is 7.92. The maximum atomic E-state index is 12.3. The Hall–Kier alpha value is -1.64. The van der Waals surface area contributed by atoms with Crippen LogP contribution in [0.2, 0.25) is 0 Å². The summed E-state index contributed by atoms with van der Waals surface area (Å²) >= 11 is 0. The molecule has 0 unspecified atom stereocenters. The fourth-order valence-electron chi connectivity index (χ4n) is 2.98. The molecule has 1 heterocycles. The summed E-state index contributed by atoms with van der Waals surface area (Å²) < 4.78 is 30.9. The Morgan fingerprint density at radius 2 is 1.96 bits per heavy atom. The molecule has 0 spiro atoms. The van der Waals surface area contributed by atoms with Gasteiger partial charge in [-0.05, 0) is 31.0 Å². The third kappa shape index (κ3) is 6.26. The van der Waals surface area contributed by atoms with Gasteiger partial charge in [0.2, 0.25) is 15.9 Å². The van der Waals surface area contributed by atoms with Crippen molar-refractivity contribution in [3.8, 4) is 0 Å². The van der Waals surface area contributed by atoms with Crippen molar-refractivity contribution in [1.29, 1.82) is 0 Å². The average Bonchev–Trinajstić information content (AvgIpc) is 2.63. The van der Waals surface area contributed by atoms with Crippen LogP contribution >= 0.6 is 0 Å². The molecule has 146 valence electrons. The first-order chi connectivity index (χ1) is 12.4. The SMILES string of the molecule is CCc1ccccc1N(CC(=O)NCCCN1CCOCC1)S(C)(=O)=O. The van der Waals surface area contributed by atoms with E-state index in [2.05, 4.69) is 10.2 Å².